The fraction of sp³-hybridized carbons (Fsp3) is 0.333. The Morgan fingerprint density at radius 3 is 1.94 bits per heavy atom. The molecule has 0 saturated heterocycles. The van der Waals surface area contributed by atoms with Gasteiger partial charge in [-0.15, -0.1) is 29.3 Å². The molecule has 0 saturated carbocycles. The Labute approximate surface area is 453 Å². The van der Waals surface area contributed by atoms with Crippen LogP contribution in [-0.2, 0) is 31.9 Å². The Kier molecular flexibility index (Phi) is 8.05. The average molecular weight is 1100 g/mol. The van der Waals surface area contributed by atoms with Crippen LogP contribution in [0.2, 0.25) is 0 Å². The molecule has 2 aromatic heterocycles. The average Bonchev–Trinajstić information content (AvgIpc) is 0.994. The van der Waals surface area contributed by atoms with Crippen LogP contribution in [0.25, 0.3) is 72.7 Å². The van der Waals surface area contributed by atoms with Crippen molar-refractivity contribution in [1.82, 2.24) is 14.5 Å². The minimum absolute atomic E-state index is 0. The number of hydrogen-bond acceptors (Lipinski definition) is 3. The van der Waals surface area contributed by atoms with Gasteiger partial charge in [-0.2, -0.15) is 0 Å². The van der Waals surface area contributed by atoms with Gasteiger partial charge in [-0.1, -0.05) is 181 Å². The molecule has 0 fully saturated rings. The number of nitrogens with zero attached hydrogens (tertiary/aromatic N) is 3. The molecule has 0 atom stereocenters. The number of pyridine rings is 1. The molecule has 0 radical (unpaired) electrons. The Bertz CT molecular complexity index is 4100. The van der Waals surface area contributed by atoms with E-state index in [0.29, 0.717) is 38.9 Å². The van der Waals surface area contributed by atoms with Gasteiger partial charge in [0.15, 0.2) is 0 Å². The molecule has 5 heteroatoms. The van der Waals surface area contributed by atoms with E-state index in [1.807, 2.05) is 20.8 Å². The summed E-state index contributed by atoms with van der Waals surface area (Å²) in [6.07, 6.45) is -0.837. The molecule has 8 rings (SSSR count). The summed E-state index contributed by atoms with van der Waals surface area (Å²) in [4.78, 5) is 9.61. The Morgan fingerprint density at radius 1 is 0.662 bits per heavy atom. The van der Waals surface area contributed by atoms with Crippen LogP contribution in [0, 0.1) is 12.9 Å². The maximum absolute atomic E-state index is 12.5. The van der Waals surface area contributed by atoms with E-state index >= 15 is 0 Å². The van der Waals surface area contributed by atoms with Crippen molar-refractivity contribution in [1.29, 1.82) is 0 Å². The van der Waals surface area contributed by atoms with Crippen molar-refractivity contribution in [2.75, 3.05) is 0 Å². The van der Waals surface area contributed by atoms with Gasteiger partial charge in [-0.3, -0.25) is 9.55 Å². The third-order valence-corrected chi connectivity index (χ3v) is 11.9. The number of aromatic hydroxyl groups is 1. The van der Waals surface area contributed by atoms with E-state index < -0.39 is 121 Å². The van der Waals surface area contributed by atoms with Crippen molar-refractivity contribution in [3.8, 4) is 67.5 Å². The third kappa shape index (κ3) is 9.82. The molecule has 0 aliphatic heterocycles. The van der Waals surface area contributed by atoms with Crippen LogP contribution >= 0.6 is 0 Å². The first-order chi connectivity index (χ1) is 40.7. The van der Waals surface area contributed by atoms with Crippen molar-refractivity contribution in [3.63, 3.8) is 0 Å². The number of phenols is 1. The van der Waals surface area contributed by atoms with Crippen LogP contribution in [-0.4, -0.2) is 19.6 Å². The van der Waals surface area contributed by atoms with E-state index in [-0.39, 0.29) is 82.9 Å². The molecule has 0 bridgehead atoms. The minimum Gasteiger partial charge on any atom is -0.507 e. The van der Waals surface area contributed by atoms with E-state index in [9.17, 15) is 18.8 Å². The number of phenolic OH excluding ortho intramolecular Hbond substituents is 1. The van der Waals surface area contributed by atoms with Gasteiger partial charge in [0.2, 0.25) is 0 Å². The molecule has 0 amide bonds. The molecule has 2 heterocycles. The van der Waals surface area contributed by atoms with Gasteiger partial charge in [0.1, 0.15) is 11.6 Å². The topological polar surface area (TPSA) is 50.9 Å². The summed E-state index contributed by atoms with van der Waals surface area (Å²) in [5.41, 5.74) is -4.03. The number of imidazole rings is 1. The Hall–Kier alpha value is -5.57. The first kappa shape index (κ1) is 28.2. The molecule has 0 spiro atoms. The van der Waals surface area contributed by atoms with Crippen molar-refractivity contribution >= 4 is 11.0 Å². The zero-order chi connectivity index (χ0) is 68.1. The summed E-state index contributed by atoms with van der Waals surface area (Å²) >= 11 is 0. The summed E-state index contributed by atoms with van der Waals surface area (Å²) in [5.74, 6) is -5.57. The molecule has 0 aliphatic carbocycles. The van der Waals surface area contributed by atoms with E-state index in [1.54, 1.807) is 133 Å². The molecular formula is C63H70N3OPt-. The van der Waals surface area contributed by atoms with Gasteiger partial charge in [-0.25, -0.2) is 4.98 Å². The molecule has 4 nitrogen and oxygen atoms in total. The van der Waals surface area contributed by atoms with Crippen LogP contribution < -0.4 is 0 Å². The zero-order valence-electron chi connectivity index (χ0n) is 63.1. The van der Waals surface area contributed by atoms with Gasteiger partial charge in [0.25, 0.3) is 0 Å². The number of para-hydroxylation sites is 1. The maximum Gasteiger partial charge on any atom is 0.148 e. The third-order valence-electron chi connectivity index (χ3n) is 11.9. The zero-order valence-corrected chi connectivity index (χ0v) is 42.4. The second-order valence-electron chi connectivity index (χ2n) is 19.0. The largest absolute Gasteiger partial charge is 0.507 e. The Morgan fingerprint density at radius 2 is 1.32 bits per heavy atom. The smallest absolute Gasteiger partial charge is 0.148 e. The number of fused-ring (bicyclic) bond motifs is 1. The summed E-state index contributed by atoms with van der Waals surface area (Å²) in [6, 6.07) is 18.2. The van der Waals surface area contributed by atoms with Crippen LogP contribution in [0.1, 0.15) is 191 Å². The van der Waals surface area contributed by atoms with Crippen molar-refractivity contribution in [2.45, 2.75) is 138 Å². The summed E-state index contributed by atoms with van der Waals surface area (Å²) in [7, 11) is 0. The van der Waals surface area contributed by atoms with Crippen molar-refractivity contribution < 1.29 is 57.7 Å². The van der Waals surface area contributed by atoms with Crippen LogP contribution in [0.4, 0.5) is 0 Å². The minimum atomic E-state index is -3.98. The van der Waals surface area contributed by atoms with Gasteiger partial charge in [-0.05, 0) is 127 Å². The van der Waals surface area contributed by atoms with Crippen molar-refractivity contribution in [2.24, 2.45) is 0 Å². The van der Waals surface area contributed by atoms with Gasteiger partial charge in [0, 0.05) is 54.9 Å². The molecule has 0 aliphatic rings. The van der Waals surface area contributed by atoms with E-state index in [4.69, 9.17) is 22.8 Å². The van der Waals surface area contributed by atoms with Gasteiger partial charge < -0.3 is 5.11 Å². The summed E-state index contributed by atoms with van der Waals surface area (Å²) < 4.78 is 205. The number of rotatable bonds is 10. The second-order valence-corrected chi connectivity index (χ2v) is 19.0. The van der Waals surface area contributed by atoms with Crippen LogP contribution in [0.15, 0.2) is 121 Å². The molecule has 68 heavy (non-hydrogen) atoms. The van der Waals surface area contributed by atoms with Crippen LogP contribution in [0.5, 0.6) is 5.75 Å². The monoisotopic (exact) mass is 1100 g/mol. The quantitative estimate of drug-likeness (QED) is 0.139. The number of hydrogen-bond donors (Lipinski definition) is 1. The summed E-state index contributed by atoms with van der Waals surface area (Å²) in [5, 5.41) is 12.5. The second kappa shape index (κ2) is 19.4. The summed E-state index contributed by atoms with van der Waals surface area (Å²) in [6.45, 7) is 4.06. The predicted octanol–water partition coefficient (Wildman–Crippen LogP) is 17.7. The molecule has 0 unspecified atom stereocenters. The van der Waals surface area contributed by atoms with Crippen molar-refractivity contribution in [3.05, 3.63) is 166 Å². The normalized spacial score (nSPS) is 18.5. The van der Waals surface area contributed by atoms with E-state index in [0.717, 1.165) is 0 Å². The van der Waals surface area contributed by atoms with Crippen LogP contribution in [0.3, 0.4) is 0 Å². The fourth-order valence-corrected chi connectivity index (χ4v) is 8.27. The number of aryl methyl sites for hydroxylation is 1. The predicted molar refractivity (Wildman–Crippen MR) is 285 cm³/mol. The maximum atomic E-state index is 12.5. The van der Waals surface area contributed by atoms with E-state index in [2.05, 4.69) is 11.1 Å². The Balaban J connectivity index is 0.0000118. The molecule has 6 aromatic carbocycles. The SMILES string of the molecule is [2H]c1nc(-c2[c-]c(-c3cccc4c3nc(-c3cc(C([2H])(C)C)cc(C([2H])(C)C)c3O)n4-c3ccc(-c4c(C([2H])(C)C)cccc4C([2H])(C)C)cc3C([2H])([2H])[2H])cc(C(C)(C)C)c2)c([2H])c(-c2c([2H])c([2H])c(C(C([2H])([2H])[2H])(C([2H])([2H])[2H])C([2H])([2H])[2H])c([2H])c2[2H])c1[2H].[Pt]. The standard InChI is InChI=1S/C63H70N3O.Pt/c1-37(2)45-34-53(40(7)8)60(67)54(35-45)61-65-59-52(20-17-21-57(59)66(61)56-27-24-44(30-41(56)9)58-50(38(3)4)18-16-19-51(58)39(5)6)46-31-47(33-49(32-46)63(13,14)15)55-36-43(28-29-64-55)42-22-25-48(26-23-42)62(10,11)12;/h16-30,32-40,67H,1-15H3;/q-1;/i9D3,10D3,11D3,12D3,22D,23D,25D,26D,28D,29D,36D,37D,38D,39D,40D;. The van der Waals surface area contributed by atoms with Gasteiger partial charge in [0.05, 0.1) is 31.9 Å². The molecule has 1 N–H and O–H groups in total. The van der Waals surface area contributed by atoms with Gasteiger partial charge >= 0.3 is 0 Å². The number of benzene rings is 6. The number of aromatic nitrogens is 3. The molecule has 8 aromatic rings. The van der Waals surface area contributed by atoms with E-state index in [1.165, 1.54) is 6.07 Å². The molecule has 354 valence electrons. The first-order valence-corrected chi connectivity index (χ1v) is 22.1. The molecular weight excluding hydrogens is 1010 g/mol. The first-order valence-electron chi connectivity index (χ1n) is 33.6. The fourth-order valence-electron chi connectivity index (χ4n) is 8.27.